The molecule has 0 radical (unpaired) electrons. The molecule has 2 unspecified atom stereocenters. The molecule has 0 aromatic rings. The van der Waals surface area contributed by atoms with Gasteiger partial charge in [0.1, 0.15) is 0 Å². The Kier molecular flexibility index (Phi) is 5.66. The van der Waals surface area contributed by atoms with Gasteiger partial charge in [0.2, 0.25) is 0 Å². The third kappa shape index (κ3) is 4.28. The van der Waals surface area contributed by atoms with Crippen molar-refractivity contribution in [2.75, 3.05) is 13.1 Å². The van der Waals surface area contributed by atoms with Crippen LogP contribution in [0, 0.1) is 5.92 Å². The summed E-state index contributed by atoms with van der Waals surface area (Å²) in [5.74, 6) is -1.20. The van der Waals surface area contributed by atoms with Crippen LogP contribution in [0.5, 0.6) is 0 Å². The van der Waals surface area contributed by atoms with Gasteiger partial charge in [-0.05, 0) is 39.2 Å². The van der Waals surface area contributed by atoms with Crippen molar-refractivity contribution in [3.63, 3.8) is 0 Å². The second kappa shape index (κ2) is 6.57. The molecule has 106 valence electrons. The highest BCUT2D eigenvalue weighted by Gasteiger charge is 2.46. The van der Waals surface area contributed by atoms with E-state index in [2.05, 4.69) is 5.32 Å². The van der Waals surface area contributed by atoms with Crippen LogP contribution in [-0.4, -0.2) is 24.8 Å². The molecule has 1 aliphatic carbocycles. The fourth-order valence-electron chi connectivity index (χ4n) is 2.65. The molecule has 2 nitrogen and oxygen atoms in total. The van der Waals surface area contributed by atoms with Crippen molar-refractivity contribution in [3.8, 4) is 0 Å². The van der Waals surface area contributed by atoms with Crippen molar-refractivity contribution in [1.29, 1.82) is 0 Å². The molecular formula is C13H23F3N2. The summed E-state index contributed by atoms with van der Waals surface area (Å²) in [7, 11) is 0. The van der Waals surface area contributed by atoms with Crippen molar-refractivity contribution < 1.29 is 13.2 Å². The summed E-state index contributed by atoms with van der Waals surface area (Å²) in [4.78, 5) is 0. The first-order valence-corrected chi connectivity index (χ1v) is 6.56. The van der Waals surface area contributed by atoms with Gasteiger partial charge in [-0.1, -0.05) is 18.6 Å². The standard InChI is InChI=1S/C13H23F3N2/c1-2-3-4-8-18-12(10-17)7-5-6-11(9-12)13(14,15)16/h2-3,11,18H,4-10,17H2,1H3/b3-2+. The minimum Gasteiger partial charge on any atom is -0.329 e. The summed E-state index contributed by atoms with van der Waals surface area (Å²) in [5, 5.41) is 3.25. The zero-order valence-electron chi connectivity index (χ0n) is 10.9. The van der Waals surface area contributed by atoms with Gasteiger partial charge in [0.15, 0.2) is 0 Å². The molecule has 3 N–H and O–H groups in total. The van der Waals surface area contributed by atoms with Gasteiger partial charge >= 0.3 is 6.18 Å². The molecule has 1 fully saturated rings. The maximum absolute atomic E-state index is 12.8. The van der Waals surface area contributed by atoms with Crippen molar-refractivity contribution in [1.82, 2.24) is 5.32 Å². The van der Waals surface area contributed by atoms with Gasteiger partial charge in [-0.3, -0.25) is 0 Å². The Labute approximate surface area is 107 Å². The van der Waals surface area contributed by atoms with Crippen molar-refractivity contribution in [2.24, 2.45) is 11.7 Å². The molecule has 1 saturated carbocycles. The number of nitrogens with one attached hydrogen (secondary N) is 1. The van der Waals surface area contributed by atoms with Gasteiger partial charge in [-0.15, -0.1) is 0 Å². The smallest absolute Gasteiger partial charge is 0.329 e. The predicted octanol–water partition coefficient (Wildman–Crippen LogP) is 2.99. The minimum atomic E-state index is -4.09. The van der Waals surface area contributed by atoms with Gasteiger partial charge in [-0.2, -0.15) is 13.2 Å². The van der Waals surface area contributed by atoms with Gasteiger partial charge < -0.3 is 11.1 Å². The number of hydrogen-bond donors (Lipinski definition) is 2. The van der Waals surface area contributed by atoms with Crippen LogP contribution >= 0.6 is 0 Å². The number of alkyl halides is 3. The normalized spacial score (nSPS) is 29.9. The molecule has 0 aliphatic heterocycles. The Morgan fingerprint density at radius 1 is 1.44 bits per heavy atom. The number of allylic oxidation sites excluding steroid dienone is 1. The molecule has 18 heavy (non-hydrogen) atoms. The van der Waals surface area contributed by atoms with Crippen LogP contribution in [0.3, 0.4) is 0 Å². The predicted molar refractivity (Wildman–Crippen MR) is 67.2 cm³/mol. The highest BCUT2D eigenvalue weighted by atomic mass is 19.4. The molecule has 2 atom stereocenters. The quantitative estimate of drug-likeness (QED) is 0.592. The summed E-state index contributed by atoms with van der Waals surface area (Å²) in [6, 6.07) is 0. The van der Waals surface area contributed by atoms with E-state index >= 15 is 0 Å². The van der Waals surface area contributed by atoms with E-state index in [1.165, 1.54) is 0 Å². The fraction of sp³-hybridized carbons (Fsp3) is 0.846. The highest BCUT2D eigenvalue weighted by molar-refractivity contribution is 4.96. The van der Waals surface area contributed by atoms with Gasteiger partial charge in [-0.25, -0.2) is 0 Å². The molecule has 0 heterocycles. The molecule has 0 saturated heterocycles. The number of nitrogens with two attached hydrogens (primary N) is 1. The first-order valence-electron chi connectivity index (χ1n) is 6.56. The summed E-state index contributed by atoms with van der Waals surface area (Å²) in [6.45, 7) is 2.89. The molecule has 1 aliphatic rings. The van der Waals surface area contributed by atoms with E-state index in [0.29, 0.717) is 13.0 Å². The Morgan fingerprint density at radius 2 is 2.17 bits per heavy atom. The van der Waals surface area contributed by atoms with Crippen molar-refractivity contribution in [3.05, 3.63) is 12.2 Å². The highest BCUT2D eigenvalue weighted by Crippen LogP contribution is 2.41. The Hall–Kier alpha value is -0.550. The van der Waals surface area contributed by atoms with E-state index in [9.17, 15) is 13.2 Å². The average Bonchev–Trinajstić information content (AvgIpc) is 2.34. The van der Waals surface area contributed by atoms with Crippen LogP contribution in [0.1, 0.15) is 39.0 Å². The summed E-state index contributed by atoms with van der Waals surface area (Å²) in [6.07, 6.45) is 2.37. The lowest BCUT2D eigenvalue weighted by atomic mass is 9.75. The molecular weight excluding hydrogens is 241 g/mol. The first kappa shape index (κ1) is 15.5. The minimum absolute atomic E-state index is 0.114. The zero-order chi connectivity index (χ0) is 13.6. The van der Waals surface area contributed by atoms with Gasteiger partial charge in [0.25, 0.3) is 0 Å². The second-order valence-corrected chi connectivity index (χ2v) is 5.10. The molecule has 0 spiro atoms. The maximum Gasteiger partial charge on any atom is 0.391 e. The summed E-state index contributed by atoms with van der Waals surface area (Å²) >= 11 is 0. The monoisotopic (exact) mass is 264 g/mol. The van der Waals surface area contributed by atoms with Crippen LogP contribution in [0.4, 0.5) is 13.2 Å². The van der Waals surface area contributed by atoms with Crippen LogP contribution in [0.2, 0.25) is 0 Å². The summed E-state index contributed by atoms with van der Waals surface area (Å²) in [5.41, 5.74) is 5.18. The van der Waals surface area contributed by atoms with Crippen LogP contribution in [0.25, 0.3) is 0 Å². The number of halogens is 3. The lowest BCUT2D eigenvalue weighted by Gasteiger charge is -2.41. The fourth-order valence-corrected chi connectivity index (χ4v) is 2.65. The molecule has 5 heteroatoms. The van der Waals surface area contributed by atoms with E-state index in [0.717, 1.165) is 12.8 Å². The molecule has 0 aromatic carbocycles. The largest absolute Gasteiger partial charge is 0.391 e. The first-order chi connectivity index (χ1) is 8.43. The number of hydrogen-bond acceptors (Lipinski definition) is 2. The topological polar surface area (TPSA) is 38.0 Å². The third-order valence-electron chi connectivity index (χ3n) is 3.75. The second-order valence-electron chi connectivity index (χ2n) is 5.10. The maximum atomic E-state index is 12.8. The van der Waals surface area contributed by atoms with E-state index < -0.39 is 17.6 Å². The van der Waals surface area contributed by atoms with Gasteiger partial charge in [0, 0.05) is 12.1 Å². The van der Waals surface area contributed by atoms with Crippen molar-refractivity contribution in [2.45, 2.75) is 50.7 Å². The van der Waals surface area contributed by atoms with Crippen LogP contribution in [-0.2, 0) is 0 Å². The molecule has 0 bridgehead atoms. The molecule has 0 aromatic heterocycles. The molecule has 1 rings (SSSR count). The van der Waals surface area contributed by atoms with E-state index in [-0.39, 0.29) is 19.4 Å². The third-order valence-corrected chi connectivity index (χ3v) is 3.75. The molecule has 0 amide bonds. The van der Waals surface area contributed by atoms with Crippen molar-refractivity contribution >= 4 is 0 Å². The van der Waals surface area contributed by atoms with Gasteiger partial charge in [0.05, 0.1) is 5.92 Å². The van der Waals surface area contributed by atoms with Crippen LogP contribution < -0.4 is 11.1 Å². The Bertz CT molecular complexity index is 276. The van der Waals surface area contributed by atoms with E-state index in [4.69, 9.17) is 5.73 Å². The average molecular weight is 264 g/mol. The van der Waals surface area contributed by atoms with E-state index in [1.54, 1.807) is 0 Å². The number of rotatable bonds is 5. The Balaban J connectivity index is 2.57. The van der Waals surface area contributed by atoms with E-state index in [1.807, 2.05) is 19.1 Å². The SMILES string of the molecule is C/C=C/CCNC1(CN)CCCC(C(F)(F)F)C1. The lowest BCUT2D eigenvalue weighted by molar-refractivity contribution is -0.188. The zero-order valence-corrected chi connectivity index (χ0v) is 10.9. The summed E-state index contributed by atoms with van der Waals surface area (Å²) < 4.78 is 38.4. The Morgan fingerprint density at radius 3 is 2.72 bits per heavy atom. The lowest BCUT2D eigenvalue weighted by Crippen LogP contribution is -2.55. The van der Waals surface area contributed by atoms with Crippen LogP contribution in [0.15, 0.2) is 12.2 Å².